The zero-order valence-electron chi connectivity index (χ0n) is 16.5. The molecule has 6 nitrogen and oxygen atoms in total. The van der Waals surface area contributed by atoms with Gasteiger partial charge in [0.25, 0.3) is 0 Å². The molecule has 0 aliphatic carbocycles. The summed E-state index contributed by atoms with van der Waals surface area (Å²) in [6, 6.07) is 16.5. The first kappa shape index (κ1) is 22.4. The van der Waals surface area contributed by atoms with Crippen LogP contribution in [0, 0.1) is 0 Å². The highest BCUT2D eigenvalue weighted by atomic mass is 16.5. The molecule has 2 atom stereocenters. The van der Waals surface area contributed by atoms with Crippen LogP contribution in [0.4, 0.5) is 0 Å². The average molecular weight is 399 g/mol. The zero-order valence-corrected chi connectivity index (χ0v) is 16.5. The van der Waals surface area contributed by atoms with Crippen molar-refractivity contribution in [3.05, 3.63) is 65.7 Å². The molecular weight excluding hydrogens is 370 g/mol. The van der Waals surface area contributed by atoms with Gasteiger partial charge in [0.05, 0.1) is 0 Å². The third kappa shape index (κ3) is 8.35. The van der Waals surface area contributed by atoms with E-state index in [0.29, 0.717) is 5.75 Å². The van der Waals surface area contributed by atoms with Gasteiger partial charge in [0.1, 0.15) is 11.8 Å². The van der Waals surface area contributed by atoms with E-state index in [4.69, 9.17) is 15.6 Å². The number of carboxylic acid groups (broad SMARTS) is 2. The Hall–Kier alpha value is -2.86. The summed E-state index contributed by atoms with van der Waals surface area (Å²) in [6.07, 6.45) is 5.12. The lowest BCUT2D eigenvalue weighted by molar-refractivity contribution is -0.146. The van der Waals surface area contributed by atoms with Gasteiger partial charge in [-0.05, 0) is 48.9 Å². The van der Waals surface area contributed by atoms with E-state index in [1.54, 1.807) is 12.1 Å². The number of aryl methyl sites for hydroxylation is 2. The van der Waals surface area contributed by atoms with Crippen LogP contribution in [0.15, 0.2) is 54.6 Å². The van der Waals surface area contributed by atoms with Gasteiger partial charge in [-0.3, -0.25) is 4.79 Å². The number of unbranched alkanes of at least 4 members (excludes halogenated alkanes) is 3. The van der Waals surface area contributed by atoms with Crippen LogP contribution in [-0.2, 0) is 22.4 Å². The predicted molar refractivity (Wildman–Crippen MR) is 111 cm³/mol. The first-order valence-electron chi connectivity index (χ1n) is 9.96. The van der Waals surface area contributed by atoms with E-state index in [1.807, 2.05) is 18.2 Å². The smallest absolute Gasteiger partial charge is 0.344 e. The van der Waals surface area contributed by atoms with Crippen molar-refractivity contribution in [2.45, 2.75) is 57.1 Å². The quantitative estimate of drug-likeness (QED) is 0.443. The molecule has 1 unspecified atom stereocenters. The Morgan fingerprint density at radius 2 is 1.34 bits per heavy atom. The van der Waals surface area contributed by atoms with Gasteiger partial charge in [0.2, 0.25) is 0 Å². The van der Waals surface area contributed by atoms with Crippen molar-refractivity contribution in [1.29, 1.82) is 0 Å². The van der Waals surface area contributed by atoms with Crippen molar-refractivity contribution in [3.63, 3.8) is 0 Å². The predicted octanol–water partition coefficient (Wildman–Crippen LogP) is 3.67. The molecule has 4 N–H and O–H groups in total. The molecule has 2 aromatic carbocycles. The van der Waals surface area contributed by atoms with Gasteiger partial charge in [0, 0.05) is 6.42 Å². The Labute approximate surface area is 171 Å². The molecule has 156 valence electrons. The van der Waals surface area contributed by atoms with Crippen LogP contribution in [0.3, 0.4) is 0 Å². The minimum Gasteiger partial charge on any atom is -0.480 e. The Kier molecular flexibility index (Phi) is 9.18. The number of hydrogen-bond acceptors (Lipinski definition) is 4. The summed E-state index contributed by atoms with van der Waals surface area (Å²) in [5.74, 6) is -2.10. The van der Waals surface area contributed by atoms with Crippen molar-refractivity contribution in [1.82, 2.24) is 0 Å². The summed E-state index contributed by atoms with van der Waals surface area (Å²) in [5, 5.41) is 18.0. The molecule has 0 fully saturated rings. The molecule has 0 saturated heterocycles. The van der Waals surface area contributed by atoms with E-state index < -0.39 is 24.1 Å². The first-order chi connectivity index (χ1) is 14.0. The van der Waals surface area contributed by atoms with Gasteiger partial charge < -0.3 is 20.7 Å². The molecule has 0 amide bonds. The van der Waals surface area contributed by atoms with Crippen LogP contribution in [0.2, 0.25) is 0 Å². The second-order valence-electron chi connectivity index (χ2n) is 7.17. The van der Waals surface area contributed by atoms with Crippen molar-refractivity contribution in [2.24, 2.45) is 5.73 Å². The third-order valence-electron chi connectivity index (χ3n) is 4.79. The number of benzene rings is 2. The number of nitrogens with two attached hydrogens (primary N) is 1. The number of carbonyl (C=O) groups is 2. The number of aliphatic carboxylic acids is 2. The van der Waals surface area contributed by atoms with Crippen molar-refractivity contribution in [3.8, 4) is 5.75 Å². The number of hydrogen-bond donors (Lipinski definition) is 3. The third-order valence-corrected chi connectivity index (χ3v) is 4.79. The number of rotatable bonds is 13. The highest BCUT2D eigenvalue weighted by Crippen LogP contribution is 2.18. The van der Waals surface area contributed by atoms with Crippen LogP contribution in [0.1, 0.15) is 43.2 Å². The van der Waals surface area contributed by atoms with Gasteiger partial charge in [-0.15, -0.1) is 0 Å². The lowest BCUT2D eigenvalue weighted by Crippen LogP contribution is -2.39. The molecule has 0 aliphatic rings. The molecule has 0 saturated carbocycles. The summed E-state index contributed by atoms with van der Waals surface area (Å²) in [5.41, 5.74) is 7.96. The van der Waals surface area contributed by atoms with Gasteiger partial charge in [-0.2, -0.15) is 0 Å². The molecule has 0 spiro atoms. The lowest BCUT2D eigenvalue weighted by atomic mass is 10.0. The van der Waals surface area contributed by atoms with E-state index in [-0.39, 0.29) is 6.42 Å². The normalized spacial score (nSPS) is 12.9. The van der Waals surface area contributed by atoms with Crippen LogP contribution in [0.25, 0.3) is 0 Å². The number of ether oxygens (including phenoxy) is 1. The maximum absolute atomic E-state index is 11.3. The molecule has 0 bridgehead atoms. The Balaban J connectivity index is 1.70. The van der Waals surface area contributed by atoms with Gasteiger partial charge in [-0.1, -0.05) is 55.3 Å². The summed E-state index contributed by atoms with van der Waals surface area (Å²) in [6.45, 7) is 0. The molecule has 29 heavy (non-hydrogen) atoms. The summed E-state index contributed by atoms with van der Waals surface area (Å²) in [4.78, 5) is 22.1. The molecule has 0 heterocycles. The Morgan fingerprint density at radius 1 is 0.793 bits per heavy atom. The number of carboxylic acids is 2. The van der Waals surface area contributed by atoms with Crippen molar-refractivity contribution in [2.75, 3.05) is 0 Å². The van der Waals surface area contributed by atoms with E-state index in [0.717, 1.165) is 24.8 Å². The highest BCUT2D eigenvalue weighted by molar-refractivity contribution is 5.77. The SMILES string of the molecule is N[C@@H](CC(Oc1ccc(CCCCCCc2ccccc2)cc1)C(=O)O)C(=O)O. The van der Waals surface area contributed by atoms with Crippen molar-refractivity contribution < 1.29 is 24.5 Å². The second-order valence-corrected chi connectivity index (χ2v) is 7.17. The molecule has 6 heteroatoms. The van der Waals surface area contributed by atoms with E-state index >= 15 is 0 Å². The molecule has 2 rings (SSSR count). The minimum absolute atomic E-state index is 0.296. The zero-order chi connectivity index (χ0) is 21.1. The van der Waals surface area contributed by atoms with E-state index in [2.05, 4.69) is 24.3 Å². The molecular formula is C23H29NO5. The molecule has 2 aromatic rings. The van der Waals surface area contributed by atoms with Gasteiger partial charge in [-0.25, -0.2) is 4.79 Å². The fourth-order valence-corrected chi connectivity index (χ4v) is 3.09. The van der Waals surface area contributed by atoms with Crippen molar-refractivity contribution >= 4 is 11.9 Å². The molecule has 0 radical (unpaired) electrons. The van der Waals surface area contributed by atoms with Crippen LogP contribution < -0.4 is 10.5 Å². The summed E-state index contributed by atoms with van der Waals surface area (Å²) >= 11 is 0. The molecule has 0 aromatic heterocycles. The van der Waals surface area contributed by atoms with Crippen LogP contribution in [0.5, 0.6) is 5.75 Å². The summed E-state index contributed by atoms with van der Waals surface area (Å²) < 4.78 is 5.41. The van der Waals surface area contributed by atoms with Crippen LogP contribution >= 0.6 is 0 Å². The second kappa shape index (κ2) is 11.9. The summed E-state index contributed by atoms with van der Waals surface area (Å²) in [7, 11) is 0. The lowest BCUT2D eigenvalue weighted by Gasteiger charge is -2.17. The van der Waals surface area contributed by atoms with E-state index in [9.17, 15) is 14.7 Å². The Bertz CT molecular complexity index is 761. The standard InChI is InChI=1S/C23H29NO5/c24-20(22(25)26)16-21(23(27)28)29-19-14-12-18(13-15-19)11-5-2-1-4-8-17-9-6-3-7-10-17/h3,6-7,9-10,12-15,20-21H,1-2,4-5,8,11,16,24H2,(H,25,26)(H,27,28)/t20-,21?/m0/s1. The van der Waals surface area contributed by atoms with Gasteiger partial charge in [0.15, 0.2) is 6.10 Å². The topological polar surface area (TPSA) is 110 Å². The maximum atomic E-state index is 11.3. The fraction of sp³-hybridized carbons (Fsp3) is 0.391. The largest absolute Gasteiger partial charge is 0.480 e. The van der Waals surface area contributed by atoms with E-state index in [1.165, 1.54) is 24.8 Å². The minimum atomic E-state index is -1.29. The van der Waals surface area contributed by atoms with Gasteiger partial charge >= 0.3 is 11.9 Å². The first-order valence-corrected chi connectivity index (χ1v) is 9.96. The molecule has 0 aliphatic heterocycles. The maximum Gasteiger partial charge on any atom is 0.344 e. The Morgan fingerprint density at radius 3 is 1.86 bits per heavy atom. The average Bonchev–Trinajstić information content (AvgIpc) is 2.71. The van der Waals surface area contributed by atoms with Crippen LogP contribution in [-0.4, -0.2) is 34.3 Å². The fourth-order valence-electron chi connectivity index (χ4n) is 3.09. The monoisotopic (exact) mass is 399 g/mol. The highest BCUT2D eigenvalue weighted by Gasteiger charge is 2.26.